The number of H-pyrrole nitrogens is 1. The van der Waals surface area contributed by atoms with E-state index in [4.69, 9.17) is 16.4 Å². The summed E-state index contributed by atoms with van der Waals surface area (Å²) in [5.41, 5.74) is 5.45. The van der Waals surface area contributed by atoms with Crippen molar-refractivity contribution in [3.63, 3.8) is 0 Å². The number of benzene rings is 2. The fourth-order valence-electron chi connectivity index (χ4n) is 3.16. The van der Waals surface area contributed by atoms with Crippen molar-refractivity contribution in [2.45, 2.75) is 26.9 Å². The number of nitrogens with one attached hydrogen (secondary N) is 1. The summed E-state index contributed by atoms with van der Waals surface area (Å²) < 4.78 is 6.10. The second-order valence-electron chi connectivity index (χ2n) is 6.77. The maximum atomic E-state index is 12.2. The lowest BCUT2D eigenvalue weighted by Gasteiger charge is -2.24. The van der Waals surface area contributed by atoms with Crippen molar-refractivity contribution in [3.05, 3.63) is 65.4 Å². The predicted molar refractivity (Wildman–Crippen MR) is 113 cm³/mol. The fourth-order valence-corrected chi connectivity index (χ4v) is 3.16. The van der Waals surface area contributed by atoms with E-state index >= 15 is 0 Å². The van der Waals surface area contributed by atoms with Crippen LogP contribution in [0.4, 0.5) is 10.5 Å². The average Bonchev–Trinajstić information content (AvgIpc) is 3.26. The molecule has 0 spiro atoms. The summed E-state index contributed by atoms with van der Waals surface area (Å²) >= 11 is 0. The number of hydrogen-bond acceptors (Lipinski definition) is 5. The van der Waals surface area contributed by atoms with Crippen molar-refractivity contribution in [1.82, 2.24) is 15.2 Å². The normalized spacial score (nSPS) is 10.7. The zero-order chi connectivity index (χ0) is 21.0. The van der Waals surface area contributed by atoms with Crippen molar-refractivity contribution in [2.75, 3.05) is 12.1 Å². The summed E-state index contributed by atoms with van der Waals surface area (Å²) in [5.74, 6) is 12.4. The van der Waals surface area contributed by atoms with Crippen LogP contribution in [0.15, 0.2) is 48.7 Å². The Morgan fingerprint density at radius 2 is 2.00 bits per heavy atom. The molecule has 29 heavy (non-hydrogen) atoms. The fraction of sp³-hybridized carbons (Fsp3) is 0.238. The first-order valence-electron chi connectivity index (χ1n) is 9.33. The van der Waals surface area contributed by atoms with Crippen molar-refractivity contribution in [2.24, 2.45) is 11.7 Å². The molecule has 152 valence electrons. The second kappa shape index (κ2) is 8.76. The molecule has 0 radical (unpaired) electrons. The molecule has 3 rings (SSSR count). The lowest BCUT2D eigenvalue weighted by atomic mass is 10.0. The topological polar surface area (TPSA) is 114 Å². The van der Waals surface area contributed by atoms with E-state index in [1.165, 1.54) is 7.05 Å². The molecule has 0 aliphatic rings. The van der Waals surface area contributed by atoms with Crippen LogP contribution in [-0.2, 0) is 13.0 Å². The van der Waals surface area contributed by atoms with Gasteiger partial charge in [-0.15, -0.1) is 0 Å². The molecule has 0 aliphatic heterocycles. The van der Waals surface area contributed by atoms with Crippen LogP contribution in [0.3, 0.4) is 0 Å². The Bertz CT molecular complexity index is 985. The van der Waals surface area contributed by atoms with Gasteiger partial charge in [-0.25, -0.2) is 21.5 Å². The molecule has 1 heterocycles. The summed E-state index contributed by atoms with van der Waals surface area (Å²) in [6.45, 7) is 4.31. The Morgan fingerprint density at radius 3 is 2.62 bits per heavy atom. The number of aryl methyl sites for hydroxylation is 2. The SMILES string of the molecule is CCc1cccc(N(N)C(=O)N(C)N)c1COc1ccc(-c2ccn[nH]2)cc1C. The molecule has 8 heteroatoms. The maximum Gasteiger partial charge on any atom is 0.352 e. The Balaban J connectivity index is 1.86. The molecular formula is C21H26N6O2. The van der Waals surface area contributed by atoms with Crippen LogP contribution in [0.1, 0.15) is 23.6 Å². The molecule has 0 atom stereocenters. The Hall–Kier alpha value is -3.36. The zero-order valence-corrected chi connectivity index (χ0v) is 16.8. The number of aromatic nitrogens is 2. The minimum atomic E-state index is -0.514. The third-order valence-corrected chi connectivity index (χ3v) is 4.76. The van der Waals surface area contributed by atoms with E-state index in [0.717, 1.165) is 50.1 Å². The van der Waals surface area contributed by atoms with Gasteiger partial charge in [0.25, 0.3) is 0 Å². The van der Waals surface area contributed by atoms with Crippen molar-refractivity contribution < 1.29 is 9.53 Å². The molecule has 3 aromatic rings. The summed E-state index contributed by atoms with van der Waals surface area (Å²) in [6.07, 6.45) is 2.50. The summed E-state index contributed by atoms with van der Waals surface area (Å²) in [7, 11) is 1.45. The third kappa shape index (κ3) is 4.39. The van der Waals surface area contributed by atoms with Gasteiger partial charge in [-0.05, 0) is 54.8 Å². The highest BCUT2D eigenvalue weighted by atomic mass is 16.5. The highest BCUT2D eigenvalue weighted by Crippen LogP contribution is 2.29. The molecule has 8 nitrogen and oxygen atoms in total. The van der Waals surface area contributed by atoms with Gasteiger partial charge in [0.1, 0.15) is 12.4 Å². The van der Waals surface area contributed by atoms with Gasteiger partial charge in [0.15, 0.2) is 0 Å². The lowest BCUT2D eigenvalue weighted by Crippen LogP contribution is -2.49. The number of anilines is 1. The van der Waals surface area contributed by atoms with Gasteiger partial charge in [-0.2, -0.15) is 5.10 Å². The Labute approximate surface area is 170 Å². The molecule has 0 aliphatic carbocycles. The maximum absolute atomic E-state index is 12.2. The quantitative estimate of drug-likeness (QED) is 0.338. The molecule has 1 aromatic heterocycles. The standard InChI is InChI=1S/C21H26N6O2/c1-4-15-6-5-7-19(27(23)21(28)26(3)22)17(15)13-29-20-9-8-16(12-14(20)2)18-10-11-24-25-18/h5-12H,4,13,22-23H2,1-3H3,(H,24,25). The van der Waals surface area contributed by atoms with E-state index in [1.54, 1.807) is 12.3 Å². The molecule has 0 bridgehead atoms. The van der Waals surface area contributed by atoms with Crippen LogP contribution in [0, 0.1) is 6.92 Å². The van der Waals surface area contributed by atoms with Gasteiger partial charge in [-0.1, -0.05) is 19.1 Å². The number of nitrogens with two attached hydrogens (primary N) is 2. The number of aromatic amines is 1. The number of carbonyl (C=O) groups excluding carboxylic acids is 1. The second-order valence-corrected chi connectivity index (χ2v) is 6.77. The zero-order valence-electron chi connectivity index (χ0n) is 16.8. The van der Waals surface area contributed by atoms with Gasteiger partial charge in [0.05, 0.1) is 11.4 Å². The minimum absolute atomic E-state index is 0.277. The Kier molecular flexibility index (Phi) is 6.16. The highest BCUT2D eigenvalue weighted by Gasteiger charge is 2.19. The first kappa shape index (κ1) is 20.4. The number of rotatable bonds is 6. The predicted octanol–water partition coefficient (Wildman–Crippen LogP) is 3.13. The molecule has 0 fully saturated rings. The van der Waals surface area contributed by atoms with Gasteiger partial charge >= 0.3 is 6.03 Å². The molecule has 0 saturated carbocycles. The number of urea groups is 1. The van der Waals surface area contributed by atoms with E-state index in [2.05, 4.69) is 10.2 Å². The smallest absolute Gasteiger partial charge is 0.352 e. The van der Waals surface area contributed by atoms with Crippen LogP contribution < -0.4 is 21.4 Å². The van der Waals surface area contributed by atoms with Crippen molar-refractivity contribution >= 4 is 11.7 Å². The monoisotopic (exact) mass is 394 g/mol. The van der Waals surface area contributed by atoms with Crippen LogP contribution in [0.25, 0.3) is 11.3 Å². The molecule has 0 unspecified atom stereocenters. The van der Waals surface area contributed by atoms with Crippen LogP contribution in [-0.4, -0.2) is 28.3 Å². The number of ether oxygens (including phenoxy) is 1. The van der Waals surface area contributed by atoms with E-state index in [0.29, 0.717) is 5.69 Å². The van der Waals surface area contributed by atoms with E-state index in [1.807, 2.05) is 50.2 Å². The molecule has 0 saturated heterocycles. The third-order valence-electron chi connectivity index (χ3n) is 4.76. The van der Waals surface area contributed by atoms with Crippen LogP contribution >= 0.6 is 0 Å². The van der Waals surface area contributed by atoms with Gasteiger partial charge in [-0.3, -0.25) is 10.1 Å². The largest absolute Gasteiger partial charge is 0.489 e. The number of hydrogen-bond donors (Lipinski definition) is 3. The van der Waals surface area contributed by atoms with Gasteiger partial charge < -0.3 is 4.74 Å². The van der Waals surface area contributed by atoms with Gasteiger partial charge in [0.2, 0.25) is 0 Å². The van der Waals surface area contributed by atoms with Crippen molar-refractivity contribution in [3.8, 4) is 17.0 Å². The van der Waals surface area contributed by atoms with E-state index in [-0.39, 0.29) is 6.61 Å². The first-order valence-corrected chi connectivity index (χ1v) is 9.33. The Morgan fingerprint density at radius 1 is 1.21 bits per heavy atom. The minimum Gasteiger partial charge on any atom is -0.489 e. The summed E-state index contributed by atoms with van der Waals surface area (Å²) in [6, 6.07) is 13.0. The van der Waals surface area contributed by atoms with E-state index in [9.17, 15) is 4.79 Å². The van der Waals surface area contributed by atoms with Gasteiger partial charge in [0, 0.05) is 24.4 Å². The number of carbonyl (C=O) groups is 1. The molecular weight excluding hydrogens is 368 g/mol. The number of amides is 2. The van der Waals surface area contributed by atoms with Crippen molar-refractivity contribution in [1.29, 1.82) is 0 Å². The summed E-state index contributed by atoms with van der Waals surface area (Å²) in [4.78, 5) is 12.2. The first-order chi connectivity index (χ1) is 13.9. The number of nitrogens with zero attached hydrogens (tertiary/aromatic N) is 3. The average molecular weight is 394 g/mol. The molecule has 5 N–H and O–H groups in total. The summed E-state index contributed by atoms with van der Waals surface area (Å²) in [5, 5.41) is 8.94. The van der Waals surface area contributed by atoms with Crippen LogP contribution in [0.2, 0.25) is 0 Å². The highest BCUT2D eigenvalue weighted by molar-refractivity contribution is 5.91. The number of hydrazine groups is 2. The molecule has 2 amide bonds. The lowest BCUT2D eigenvalue weighted by molar-refractivity contribution is 0.216. The molecule has 2 aromatic carbocycles. The van der Waals surface area contributed by atoms with Crippen LogP contribution in [0.5, 0.6) is 5.75 Å². The van der Waals surface area contributed by atoms with E-state index < -0.39 is 6.03 Å².